The lowest BCUT2D eigenvalue weighted by atomic mass is 9.83. The molecule has 14 heteroatoms. The molecular weight excluding hydrogens is 699 g/mol. The van der Waals surface area contributed by atoms with Gasteiger partial charge in [0.25, 0.3) is 0 Å². The average molecular weight is 750 g/mol. The molecule has 2 saturated heterocycles. The highest BCUT2D eigenvalue weighted by molar-refractivity contribution is 5.86. The Bertz CT molecular complexity index is 2090. The van der Waals surface area contributed by atoms with E-state index in [1.54, 1.807) is 4.90 Å². The summed E-state index contributed by atoms with van der Waals surface area (Å²) in [5, 5.41) is 18.2. The van der Waals surface area contributed by atoms with Crippen molar-refractivity contribution in [3.05, 3.63) is 59.2 Å². The van der Waals surface area contributed by atoms with Crippen LogP contribution in [0.15, 0.2) is 36.4 Å². The largest absolute Gasteiger partial charge is 0.457 e. The summed E-state index contributed by atoms with van der Waals surface area (Å²) in [6.07, 6.45) is 7.05. The fourth-order valence-electron chi connectivity index (χ4n) is 8.58. The number of nitrogens with zero attached hydrogens (tertiary/aromatic N) is 6. The number of carbonyl (C=O) groups excluding carboxylic acids is 3. The van der Waals surface area contributed by atoms with Gasteiger partial charge in [-0.05, 0) is 74.6 Å². The molecule has 8 rings (SSSR count). The van der Waals surface area contributed by atoms with Gasteiger partial charge in [-0.2, -0.15) is 10.2 Å². The van der Waals surface area contributed by atoms with Crippen molar-refractivity contribution < 1.29 is 23.9 Å². The van der Waals surface area contributed by atoms with Crippen molar-refractivity contribution in [3.8, 4) is 34.3 Å². The minimum atomic E-state index is -0.693. The first-order valence-corrected chi connectivity index (χ1v) is 19.9. The minimum Gasteiger partial charge on any atom is -0.457 e. The predicted molar refractivity (Wildman–Crippen MR) is 204 cm³/mol. The molecule has 4 aliphatic rings. The second-order valence-corrected chi connectivity index (χ2v) is 15.8. The summed E-state index contributed by atoms with van der Waals surface area (Å²) in [4.78, 5) is 52.6. The Morgan fingerprint density at radius 2 is 1.51 bits per heavy atom. The van der Waals surface area contributed by atoms with Crippen LogP contribution in [-0.4, -0.2) is 84.3 Å². The van der Waals surface area contributed by atoms with Gasteiger partial charge in [-0.3, -0.25) is 19.8 Å². The lowest BCUT2D eigenvalue weighted by molar-refractivity contribution is -0.136. The van der Waals surface area contributed by atoms with Crippen molar-refractivity contribution in [2.75, 3.05) is 20.2 Å². The first-order valence-electron chi connectivity index (χ1n) is 19.9. The van der Waals surface area contributed by atoms with E-state index in [1.807, 2.05) is 36.9 Å². The molecule has 0 unspecified atom stereocenters. The van der Waals surface area contributed by atoms with E-state index in [4.69, 9.17) is 19.4 Å². The number of rotatable bonds is 11. The van der Waals surface area contributed by atoms with Crippen LogP contribution in [-0.2, 0) is 19.7 Å². The number of likely N-dealkylation sites (tertiary alicyclic amines) is 2. The van der Waals surface area contributed by atoms with Crippen molar-refractivity contribution in [1.82, 2.24) is 45.5 Å². The van der Waals surface area contributed by atoms with Gasteiger partial charge < -0.3 is 24.6 Å². The van der Waals surface area contributed by atoms with Gasteiger partial charge in [-0.25, -0.2) is 14.8 Å². The summed E-state index contributed by atoms with van der Waals surface area (Å²) in [5.41, 5.74) is 3.82. The standard InChI is InChI=1S/C41H51N9O5/c1-6-23(3)20-33(51)49-18-8-10-29(49)37-44-36(46-47-37)26-12-14-27-32(22-26)55-31-15-13-25(21-28(31)41(27)16-17-41)35-43-38(48-45-35)30-11-9-19-50(30)39(52)34(24(4)7-2)42-40(53)54-5/h12-15,21-24,29-30,34H,6-11,16-20H2,1-5H3,(H,42,53)(H,43,45,48)(H,44,46,47)/t23-,24-,29-,30-,34-/m0/s1. The van der Waals surface area contributed by atoms with Gasteiger partial charge in [0.2, 0.25) is 11.8 Å². The Balaban J connectivity index is 0.997. The molecule has 1 spiro atoms. The number of nitrogens with one attached hydrogen (secondary N) is 3. The van der Waals surface area contributed by atoms with Gasteiger partial charge in [0, 0.05) is 47.2 Å². The molecule has 5 atom stereocenters. The third-order valence-corrected chi connectivity index (χ3v) is 12.4. The Hall–Kier alpha value is -5.27. The van der Waals surface area contributed by atoms with E-state index in [2.05, 4.69) is 57.8 Å². The molecule has 1 saturated carbocycles. The van der Waals surface area contributed by atoms with E-state index >= 15 is 0 Å². The van der Waals surface area contributed by atoms with Crippen molar-refractivity contribution in [1.29, 1.82) is 0 Å². The van der Waals surface area contributed by atoms with Crippen LogP contribution in [0.5, 0.6) is 11.5 Å². The molecule has 4 aromatic rings. The number of methoxy groups -OCH3 is 1. The van der Waals surface area contributed by atoms with Gasteiger partial charge in [0.05, 0.1) is 19.2 Å². The second-order valence-electron chi connectivity index (χ2n) is 15.8. The van der Waals surface area contributed by atoms with Crippen LogP contribution < -0.4 is 10.1 Å². The smallest absolute Gasteiger partial charge is 0.407 e. The molecule has 5 heterocycles. The zero-order chi connectivity index (χ0) is 38.4. The third-order valence-electron chi connectivity index (χ3n) is 12.4. The first-order chi connectivity index (χ1) is 26.6. The Kier molecular flexibility index (Phi) is 9.85. The number of hydrogen-bond acceptors (Lipinski definition) is 9. The van der Waals surface area contributed by atoms with Gasteiger partial charge >= 0.3 is 6.09 Å². The van der Waals surface area contributed by atoms with E-state index in [1.165, 1.54) is 7.11 Å². The number of aromatic amines is 2. The molecule has 0 bridgehead atoms. The quantitative estimate of drug-likeness (QED) is 0.146. The maximum absolute atomic E-state index is 13.8. The maximum atomic E-state index is 13.8. The molecule has 3 aliphatic heterocycles. The zero-order valence-corrected chi connectivity index (χ0v) is 32.4. The van der Waals surface area contributed by atoms with Crippen LogP contribution in [0, 0.1) is 11.8 Å². The van der Waals surface area contributed by atoms with Crippen molar-refractivity contribution >= 4 is 17.9 Å². The SMILES string of the molecule is CC[C@H](C)CC(=O)N1CCC[C@H]1c1nc(-c2ccc3c(c2)Oc2ccc(-c4n[nH]c([C@@H]5CCCN5C(=O)[C@@H](NC(=O)OC)[C@@H](C)CC)n4)cc2C32CC2)n[nH]1. The highest BCUT2D eigenvalue weighted by Gasteiger charge is 2.52. The van der Waals surface area contributed by atoms with E-state index < -0.39 is 12.1 Å². The van der Waals surface area contributed by atoms with Gasteiger partial charge in [-0.15, -0.1) is 0 Å². The van der Waals surface area contributed by atoms with Gasteiger partial charge in [-0.1, -0.05) is 52.7 Å². The molecule has 3 amide bonds. The van der Waals surface area contributed by atoms with E-state index in [0.717, 1.165) is 97.5 Å². The molecule has 2 aromatic carbocycles. The molecule has 0 radical (unpaired) electrons. The summed E-state index contributed by atoms with van der Waals surface area (Å²) < 4.78 is 11.4. The van der Waals surface area contributed by atoms with Crippen molar-refractivity contribution in [2.24, 2.45) is 11.8 Å². The lowest BCUT2D eigenvalue weighted by Crippen LogP contribution is -2.51. The number of fused-ring (bicyclic) bond motifs is 4. The maximum Gasteiger partial charge on any atom is 0.407 e. The van der Waals surface area contributed by atoms with Crippen molar-refractivity contribution in [2.45, 2.75) is 109 Å². The monoisotopic (exact) mass is 749 g/mol. The second kappa shape index (κ2) is 14.8. The van der Waals surface area contributed by atoms with E-state index in [-0.39, 0.29) is 35.2 Å². The van der Waals surface area contributed by atoms with Gasteiger partial charge in [0.1, 0.15) is 29.2 Å². The summed E-state index contributed by atoms with van der Waals surface area (Å²) >= 11 is 0. The average Bonchev–Trinajstić information content (AvgIpc) is 3.77. The normalized spacial score (nSPS) is 21.0. The molecule has 2 aromatic heterocycles. The number of hydrogen-bond donors (Lipinski definition) is 3. The van der Waals surface area contributed by atoms with Crippen LogP contribution in [0.1, 0.15) is 120 Å². The van der Waals surface area contributed by atoms with E-state index in [0.29, 0.717) is 36.4 Å². The summed E-state index contributed by atoms with van der Waals surface area (Å²) in [6.45, 7) is 9.52. The summed E-state index contributed by atoms with van der Waals surface area (Å²) in [5.74, 6) is 4.45. The first kappa shape index (κ1) is 36.7. The molecule has 55 heavy (non-hydrogen) atoms. The van der Waals surface area contributed by atoms with Crippen LogP contribution in [0.2, 0.25) is 0 Å². The van der Waals surface area contributed by atoms with E-state index in [9.17, 15) is 14.4 Å². The molecule has 1 aliphatic carbocycles. The molecule has 290 valence electrons. The van der Waals surface area contributed by atoms with Crippen molar-refractivity contribution in [3.63, 3.8) is 0 Å². The molecule has 14 nitrogen and oxygen atoms in total. The molecule has 3 N–H and O–H groups in total. The predicted octanol–water partition coefficient (Wildman–Crippen LogP) is 6.98. The number of ether oxygens (including phenoxy) is 2. The third kappa shape index (κ3) is 6.73. The number of alkyl carbamates (subject to hydrolysis) is 1. The zero-order valence-electron chi connectivity index (χ0n) is 32.4. The fraction of sp³-hybridized carbons (Fsp3) is 0.537. The van der Waals surface area contributed by atoms with Crippen LogP contribution in [0.25, 0.3) is 22.8 Å². The Morgan fingerprint density at radius 1 is 0.873 bits per heavy atom. The molecular formula is C41H51N9O5. The van der Waals surface area contributed by atoms with Gasteiger partial charge in [0.15, 0.2) is 11.6 Å². The number of benzene rings is 2. The summed E-state index contributed by atoms with van der Waals surface area (Å²) in [6, 6.07) is 11.3. The molecule has 3 fully saturated rings. The lowest BCUT2D eigenvalue weighted by Gasteiger charge is -2.30. The Labute approximate surface area is 321 Å². The van der Waals surface area contributed by atoms with Crippen LogP contribution >= 0.6 is 0 Å². The minimum absolute atomic E-state index is 0.0673. The number of H-pyrrole nitrogens is 2. The Morgan fingerprint density at radius 3 is 2.15 bits per heavy atom. The highest BCUT2D eigenvalue weighted by Crippen LogP contribution is 2.62. The van der Waals surface area contributed by atoms with Crippen LogP contribution in [0.4, 0.5) is 4.79 Å². The fourth-order valence-corrected chi connectivity index (χ4v) is 8.58. The van der Waals surface area contributed by atoms with Crippen LogP contribution in [0.3, 0.4) is 0 Å². The topological polar surface area (TPSA) is 171 Å². The summed E-state index contributed by atoms with van der Waals surface area (Å²) in [7, 11) is 1.30. The number of amides is 3. The number of aromatic nitrogens is 6. The highest BCUT2D eigenvalue weighted by atomic mass is 16.5. The number of carbonyl (C=O) groups is 3.